The largest absolute Gasteiger partial charge is 0.507 e. The maximum atomic E-state index is 15.3. The Kier molecular flexibility index (Phi) is 4.11. The van der Waals surface area contributed by atoms with Crippen LogP contribution in [0.2, 0.25) is 0 Å². The molecule has 0 aromatic heterocycles. The number of fused-ring (bicyclic) bond motifs is 6. The standard InChI is InChI=1S/C25H23F2N3O3/c1-28-14-30(29-11-10-19(31)21(32)20(29)22(28)33)25-17-8-4-2-6-15(17)12-24(25,23(26)27)13-16-7-3-5-9-18(16)25/h2-11,19,23,31-32H,12-14H2,1H3. The summed E-state index contributed by atoms with van der Waals surface area (Å²) in [4.78, 5) is 14.4. The number of halogens is 2. The summed E-state index contributed by atoms with van der Waals surface area (Å²) < 4.78 is 30.6. The molecule has 2 aliphatic carbocycles. The number of nitrogens with zero attached hydrogens (tertiary/aromatic N) is 3. The summed E-state index contributed by atoms with van der Waals surface area (Å²) in [6, 6.07) is 15.0. The zero-order valence-corrected chi connectivity index (χ0v) is 17.9. The lowest BCUT2D eigenvalue weighted by Crippen LogP contribution is -2.67. The van der Waals surface area contributed by atoms with E-state index in [1.54, 1.807) is 12.1 Å². The van der Waals surface area contributed by atoms with E-state index in [-0.39, 0.29) is 25.2 Å². The van der Waals surface area contributed by atoms with Crippen LogP contribution in [0.25, 0.3) is 0 Å². The molecule has 2 aromatic carbocycles. The Hall–Kier alpha value is -3.23. The fourth-order valence-electron chi connectivity index (χ4n) is 6.36. The van der Waals surface area contributed by atoms with Gasteiger partial charge in [-0.05, 0) is 41.2 Å². The molecule has 2 aromatic rings. The highest BCUT2D eigenvalue weighted by Gasteiger charge is 2.71. The fraction of sp³-hybridized carbons (Fsp3) is 0.320. The van der Waals surface area contributed by atoms with Gasteiger partial charge in [0.2, 0.25) is 6.43 Å². The third-order valence-corrected chi connectivity index (χ3v) is 7.67. The van der Waals surface area contributed by atoms with Crippen LogP contribution in [0, 0.1) is 5.41 Å². The third-order valence-electron chi connectivity index (χ3n) is 7.67. The van der Waals surface area contributed by atoms with Gasteiger partial charge in [-0.1, -0.05) is 48.5 Å². The van der Waals surface area contributed by atoms with E-state index in [9.17, 15) is 15.0 Å². The van der Waals surface area contributed by atoms with Crippen LogP contribution in [0.15, 0.2) is 72.3 Å². The van der Waals surface area contributed by atoms with Crippen LogP contribution in [0.4, 0.5) is 8.78 Å². The van der Waals surface area contributed by atoms with Crippen LogP contribution in [0.5, 0.6) is 0 Å². The molecule has 2 heterocycles. The molecular weight excluding hydrogens is 428 g/mol. The Morgan fingerprint density at radius 1 is 1.03 bits per heavy atom. The van der Waals surface area contributed by atoms with Crippen LogP contribution in [-0.4, -0.2) is 57.3 Å². The number of benzene rings is 2. The van der Waals surface area contributed by atoms with Gasteiger partial charge in [0.25, 0.3) is 5.91 Å². The second-order valence-electron chi connectivity index (χ2n) is 9.24. The lowest BCUT2D eigenvalue weighted by atomic mass is 9.69. The highest BCUT2D eigenvalue weighted by Crippen LogP contribution is 2.66. The minimum atomic E-state index is -2.65. The van der Waals surface area contributed by atoms with Crippen molar-refractivity contribution in [1.82, 2.24) is 14.9 Å². The van der Waals surface area contributed by atoms with Crippen molar-refractivity contribution in [3.8, 4) is 0 Å². The van der Waals surface area contributed by atoms with Crippen molar-refractivity contribution in [1.29, 1.82) is 0 Å². The van der Waals surface area contributed by atoms with Crippen molar-refractivity contribution in [3.05, 3.63) is 94.5 Å². The molecule has 8 heteroatoms. The van der Waals surface area contributed by atoms with Crippen molar-refractivity contribution < 1.29 is 23.8 Å². The Labute approximate surface area is 189 Å². The number of carbonyl (C=O) groups excluding carboxylic acids is 1. The molecule has 1 unspecified atom stereocenters. The number of carbonyl (C=O) groups is 1. The number of likely N-dealkylation sites (N-methyl/N-ethyl adjacent to an activating group) is 1. The minimum absolute atomic E-state index is 0.0349. The number of rotatable bonds is 2. The van der Waals surface area contributed by atoms with Gasteiger partial charge in [0.15, 0.2) is 11.5 Å². The minimum Gasteiger partial charge on any atom is -0.507 e. The second-order valence-corrected chi connectivity index (χ2v) is 9.24. The topological polar surface area (TPSA) is 67.2 Å². The van der Waals surface area contributed by atoms with Crippen molar-refractivity contribution in [3.63, 3.8) is 0 Å². The predicted molar refractivity (Wildman–Crippen MR) is 116 cm³/mol. The first-order chi connectivity index (χ1) is 15.8. The van der Waals surface area contributed by atoms with Gasteiger partial charge in [-0.15, -0.1) is 0 Å². The molecule has 6 nitrogen and oxygen atoms in total. The number of alkyl halides is 2. The zero-order valence-electron chi connectivity index (χ0n) is 17.9. The van der Waals surface area contributed by atoms with Crippen LogP contribution < -0.4 is 0 Å². The van der Waals surface area contributed by atoms with Gasteiger partial charge in [-0.3, -0.25) is 9.80 Å². The van der Waals surface area contributed by atoms with E-state index in [0.29, 0.717) is 0 Å². The summed E-state index contributed by atoms with van der Waals surface area (Å²) in [5.41, 5.74) is 0.385. The molecule has 0 radical (unpaired) electrons. The van der Waals surface area contributed by atoms with Gasteiger partial charge in [-0.25, -0.2) is 8.78 Å². The molecule has 0 bridgehead atoms. The highest BCUT2D eigenvalue weighted by molar-refractivity contribution is 5.94. The SMILES string of the molecule is CN1CN(C23c4ccccc4CC2(C(F)F)Cc2ccccc23)N2C=CC(O)C(O)=C2C1=O. The Balaban J connectivity index is 1.69. The molecule has 6 rings (SSSR count). The molecule has 0 saturated carbocycles. The molecule has 1 saturated heterocycles. The monoisotopic (exact) mass is 451 g/mol. The number of aliphatic hydroxyl groups is 2. The van der Waals surface area contributed by atoms with Crippen LogP contribution in [0.1, 0.15) is 22.3 Å². The summed E-state index contributed by atoms with van der Waals surface area (Å²) in [6.45, 7) is 0.0349. The number of hydrogen-bond acceptors (Lipinski definition) is 5. The smallest absolute Gasteiger partial charge is 0.276 e. The lowest BCUT2D eigenvalue weighted by Gasteiger charge is -2.56. The van der Waals surface area contributed by atoms with Crippen LogP contribution in [-0.2, 0) is 23.2 Å². The number of hydrazine groups is 1. The van der Waals surface area contributed by atoms with Crippen LogP contribution in [0.3, 0.4) is 0 Å². The molecule has 1 atom stereocenters. The van der Waals surface area contributed by atoms with Crippen molar-refractivity contribution in [2.45, 2.75) is 30.9 Å². The Morgan fingerprint density at radius 3 is 2.18 bits per heavy atom. The fourth-order valence-corrected chi connectivity index (χ4v) is 6.36. The van der Waals surface area contributed by atoms with Gasteiger partial charge >= 0.3 is 0 Å². The molecule has 0 spiro atoms. The first kappa shape index (κ1) is 20.4. The molecule has 2 aliphatic heterocycles. The molecule has 1 amide bonds. The van der Waals surface area contributed by atoms with Crippen LogP contribution >= 0.6 is 0 Å². The van der Waals surface area contributed by atoms with E-state index in [0.717, 1.165) is 22.3 Å². The van der Waals surface area contributed by atoms with Gasteiger partial charge in [-0.2, -0.15) is 5.01 Å². The first-order valence-electron chi connectivity index (χ1n) is 10.9. The van der Waals surface area contributed by atoms with E-state index >= 15 is 8.78 Å². The summed E-state index contributed by atoms with van der Waals surface area (Å²) in [5.74, 6) is -0.973. The van der Waals surface area contributed by atoms with Crippen molar-refractivity contribution >= 4 is 5.91 Å². The summed E-state index contributed by atoms with van der Waals surface area (Å²) in [5, 5.41) is 24.1. The summed E-state index contributed by atoms with van der Waals surface area (Å²) in [6.07, 6.45) is -0.757. The van der Waals surface area contributed by atoms with E-state index in [2.05, 4.69) is 0 Å². The third kappa shape index (κ3) is 2.30. The van der Waals surface area contributed by atoms with Gasteiger partial charge < -0.3 is 15.1 Å². The molecule has 2 N–H and O–H groups in total. The molecular formula is C25H23F2N3O3. The van der Waals surface area contributed by atoms with Crippen molar-refractivity contribution in [2.75, 3.05) is 13.7 Å². The number of aliphatic hydroxyl groups excluding tert-OH is 2. The molecule has 4 aliphatic rings. The summed E-state index contributed by atoms with van der Waals surface area (Å²) >= 11 is 0. The Bertz CT molecular complexity index is 1190. The predicted octanol–water partition coefficient (Wildman–Crippen LogP) is 2.90. The van der Waals surface area contributed by atoms with E-state index in [4.69, 9.17) is 0 Å². The summed E-state index contributed by atoms with van der Waals surface area (Å²) in [7, 11) is 1.57. The normalized spacial score (nSPS) is 30.6. The Morgan fingerprint density at radius 2 is 1.61 bits per heavy atom. The van der Waals surface area contributed by atoms with E-state index < -0.39 is 35.1 Å². The van der Waals surface area contributed by atoms with E-state index in [1.165, 1.54) is 22.2 Å². The zero-order chi connectivity index (χ0) is 23.1. The average Bonchev–Trinajstić information content (AvgIpc) is 3.26. The van der Waals surface area contributed by atoms with Gasteiger partial charge in [0.1, 0.15) is 11.6 Å². The highest BCUT2D eigenvalue weighted by atomic mass is 19.3. The van der Waals surface area contributed by atoms with Gasteiger partial charge in [0.05, 0.1) is 12.1 Å². The quantitative estimate of drug-likeness (QED) is 0.735. The van der Waals surface area contributed by atoms with Gasteiger partial charge in [0, 0.05) is 13.2 Å². The number of amides is 1. The average molecular weight is 451 g/mol. The maximum Gasteiger partial charge on any atom is 0.276 e. The lowest BCUT2D eigenvalue weighted by molar-refractivity contribution is -0.185. The second kappa shape index (κ2) is 6.65. The maximum absolute atomic E-state index is 15.3. The molecule has 33 heavy (non-hydrogen) atoms. The van der Waals surface area contributed by atoms with E-state index in [1.807, 2.05) is 48.5 Å². The molecule has 170 valence electrons. The van der Waals surface area contributed by atoms with Crippen molar-refractivity contribution in [2.24, 2.45) is 5.41 Å². The first-order valence-corrected chi connectivity index (χ1v) is 10.9. The molecule has 1 fully saturated rings. The number of hydrogen-bond donors (Lipinski definition) is 2.